The van der Waals surface area contributed by atoms with Crippen LogP contribution in [0.4, 0.5) is 0 Å². The third kappa shape index (κ3) is 73.3. The number of hydrogen-bond donors (Lipinski definition) is 3. The van der Waals surface area contributed by atoms with E-state index in [9.17, 15) is 43.2 Å². The average molecular weight is 1470 g/mol. The van der Waals surface area contributed by atoms with Gasteiger partial charge < -0.3 is 33.8 Å². The molecule has 5 atom stereocenters. The predicted molar refractivity (Wildman–Crippen MR) is 417 cm³/mol. The summed E-state index contributed by atoms with van der Waals surface area (Å²) in [6, 6.07) is 0. The molecule has 3 N–H and O–H groups in total. The Morgan fingerprint density at radius 1 is 0.284 bits per heavy atom. The second-order valence-corrected chi connectivity index (χ2v) is 28.4. The molecule has 582 valence electrons. The Morgan fingerprint density at radius 2 is 0.510 bits per heavy atom. The van der Waals surface area contributed by atoms with E-state index in [1.165, 1.54) is 38.5 Å². The van der Waals surface area contributed by atoms with Crippen molar-refractivity contribution in [3.8, 4) is 0 Å². The van der Waals surface area contributed by atoms with Gasteiger partial charge in [-0.1, -0.05) is 276 Å². The van der Waals surface area contributed by atoms with E-state index in [1.807, 2.05) is 0 Å². The number of aliphatic hydroxyl groups excluding tert-OH is 1. The standard InChI is InChI=1S/C83H138O17P2/c1-5-9-13-17-21-25-29-32-35-37-38-40-43-45-49-52-56-60-64-68-80(85)93-73-78(99-82(87)69-65-61-57-53-47-28-24-20-16-12-8-4)75-97-101(89,90)95-71-77(84)72-96-102(91,92)98-76-79(100-83(88)70-66-62-58-54-50-46-41-34-31-27-23-19-15-11-7-3)74-94-81(86)67-63-59-55-51-48-44-42-39-36-33-30-26-22-18-14-10-6-2/h9-11,13-15,21-23,25-27,32-36,38,40-41,45,49-50,54,77-79,84H,5-8,12,16-20,24,28-31,37,39,42-44,46-48,51-53,55-76H2,1-4H3,(H,89,90)(H,91,92)/b13-9-,14-10-,15-11-,25-21-,26-22-,27-23-,35-32-,36-33-,40-38-,41-34-,49-45-,54-50-. The number of carbonyl (C=O) groups excluding carboxylic acids is 4. The Hall–Kier alpha value is -5.06. The Labute approximate surface area is 617 Å². The van der Waals surface area contributed by atoms with E-state index in [4.69, 9.17) is 37.0 Å². The van der Waals surface area contributed by atoms with Crippen molar-refractivity contribution in [2.24, 2.45) is 0 Å². The number of phosphoric ester groups is 2. The second-order valence-electron chi connectivity index (χ2n) is 25.5. The van der Waals surface area contributed by atoms with Gasteiger partial charge in [0.2, 0.25) is 0 Å². The summed E-state index contributed by atoms with van der Waals surface area (Å²) in [5, 5.41) is 10.6. The van der Waals surface area contributed by atoms with Gasteiger partial charge in [-0.15, -0.1) is 0 Å². The normalized spacial score (nSPS) is 14.7. The van der Waals surface area contributed by atoms with Crippen molar-refractivity contribution < 1.29 is 80.2 Å². The number of allylic oxidation sites excluding steroid dienone is 24. The van der Waals surface area contributed by atoms with Gasteiger partial charge in [-0.25, -0.2) is 9.13 Å². The molecule has 0 saturated heterocycles. The van der Waals surface area contributed by atoms with E-state index in [0.29, 0.717) is 32.1 Å². The van der Waals surface area contributed by atoms with Gasteiger partial charge in [-0.3, -0.25) is 37.3 Å². The van der Waals surface area contributed by atoms with Crippen LogP contribution in [0.1, 0.15) is 297 Å². The zero-order valence-electron chi connectivity index (χ0n) is 63.5. The maximum Gasteiger partial charge on any atom is 0.472 e. The molecular formula is C83H138O17P2. The molecule has 0 spiro atoms. The number of aliphatic hydroxyl groups is 1. The van der Waals surface area contributed by atoms with Crippen molar-refractivity contribution in [3.63, 3.8) is 0 Å². The van der Waals surface area contributed by atoms with Crippen LogP contribution >= 0.6 is 15.6 Å². The Bertz CT molecular complexity index is 2510. The third-order valence-corrected chi connectivity index (χ3v) is 17.7. The number of rotatable bonds is 72. The first-order valence-electron chi connectivity index (χ1n) is 39.1. The molecule has 102 heavy (non-hydrogen) atoms. The summed E-state index contributed by atoms with van der Waals surface area (Å²) in [5.41, 5.74) is 0. The lowest BCUT2D eigenvalue weighted by Crippen LogP contribution is -2.30. The lowest BCUT2D eigenvalue weighted by atomic mass is 10.1. The van der Waals surface area contributed by atoms with E-state index in [2.05, 4.69) is 174 Å². The number of ether oxygens (including phenoxy) is 4. The number of esters is 4. The zero-order valence-corrected chi connectivity index (χ0v) is 65.3. The van der Waals surface area contributed by atoms with Crippen LogP contribution in [0.2, 0.25) is 0 Å². The molecule has 0 aliphatic rings. The summed E-state index contributed by atoms with van der Waals surface area (Å²) in [5.74, 6) is -2.27. The minimum atomic E-state index is -4.99. The largest absolute Gasteiger partial charge is 0.472 e. The molecule has 0 aromatic rings. The van der Waals surface area contributed by atoms with Crippen molar-refractivity contribution in [2.75, 3.05) is 39.6 Å². The first kappa shape index (κ1) is 96.9. The summed E-state index contributed by atoms with van der Waals surface area (Å²) in [4.78, 5) is 72.9. The molecule has 0 aliphatic heterocycles. The molecule has 0 aromatic heterocycles. The molecule has 0 heterocycles. The Kier molecular flexibility index (Phi) is 70.5. The fourth-order valence-electron chi connectivity index (χ4n) is 9.96. The molecule has 0 bridgehead atoms. The molecule has 0 aliphatic carbocycles. The summed E-state index contributed by atoms with van der Waals surface area (Å²) in [7, 11) is -9.98. The van der Waals surface area contributed by atoms with E-state index in [-0.39, 0.29) is 25.7 Å². The second kappa shape index (κ2) is 74.2. The highest BCUT2D eigenvalue weighted by Gasteiger charge is 2.30. The summed E-state index contributed by atoms with van der Waals surface area (Å²) in [6.45, 7) is 4.43. The highest BCUT2D eigenvalue weighted by molar-refractivity contribution is 7.47. The maximum atomic E-state index is 13.1. The van der Waals surface area contributed by atoms with E-state index < -0.39 is 97.5 Å². The Morgan fingerprint density at radius 3 is 0.814 bits per heavy atom. The molecule has 0 rings (SSSR count). The molecule has 0 saturated carbocycles. The molecular weight excluding hydrogens is 1330 g/mol. The summed E-state index contributed by atoms with van der Waals surface area (Å²) in [6.07, 6.45) is 84.1. The zero-order chi connectivity index (χ0) is 74.6. The van der Waals surface area contributed by atoms with Gasteiger partial charge >= 0.3 is 39.5 Å². The molecule has 0 amide bonds. The quantitative estimate of drug-likeness (QED) is 0.0169. The monoisotopic (exact) mass is 1470 g/mol. The first-order valence-corrected chi connectivity index (χ1v) is 42.1. The molecule has 0 aromatic carbocycles. The van der Waals surface area contributed by atoms with Crippen molar-refractivity contribution in [1.29, 1.82) is 0 Å². The van der Waals surface area contributed by atoms with Crippen LogP contribution in [-0.2, 0) is 65.4 Å². The van der Waals surface area contributed by atoms with Crippen LogP contribution in [0.25, 0.3) is 0 Å². The minimum Gasteiger partial charge on any atom is -0.462 e. The molecule has 0 fully saturated rings. The number of carbonyl (C=O) groups is 4. The van der Waals surface area contributed by atoms with Crippen LogP contribution in [0, 0.1) is 0 Å². The van der Waals surface area contributed by atoms with Gasteiger partial charge in [0.1, 0.15) is 19.3 Å². The van der Waals surface area contributed by atoms with Gasteiger partial charge in [0.05, 0.1) is 26.4 Å². The van der Waals surface area contributed by atoms with E-state index >= 15 is 0 Å². The van der Waals surface area contributed by atoms with Crippen LogP contribution < -0.4 is 0 Å². The lowest BCUT2D eigenvalue weighted by molar-refractivity contribution is -0.161. The van der Waals surface area contributed by atoms with Gasteiger partial charge in [-0.05, 0) is 141 Å². The third-order valence-electron chi connectivity index (χ3n) is 15.8. The molecule has 5 unspecified atom stereocenters. The average Bonchev–Trinajstić information content (AvgIpc) is 0.926. The van der Waals surface area contributed by atoms with Crippen molar-refractivity contribution in [2.45, 2.75) is 316 Å². The molecule has 17 nitrogen and oxygen atoms in total. The SMILES string of the molecule is CC/C=C\C/C=C\C/C=C\C/C=C\C/C=C\CCCCCC(=O)OCC(COP(=O)(O)OCC(O)COP(=O)(O)OCC(COC(=O)CCCCCCCCC/C=C\C/C=C\C/C=C\CC)OC(=O)CCCC/C=C\C/C=C\C/C=C\C/C=C\CC)OC(=O)CCCCCCCCCCCCC. The lowest BCUT2D eigenvalue weighted by Gasteiger charge is -2.21. The van der Waals surface area contributed by atoms with Gasteiger partial charge in [0.25, 0.3) is 0 Å². The van der Waals surface area contributed by atoms with E-state index in [1.54, 1.807) is 0 Å². The van der Waals surface area contributed by atoms with Crippen LogP contribution in [-0.4, -0.2) is 96.7 Å². The van der Waals surface area contributed by atoms with Crippen molar-refractivity contribution >= 4 is 39.5 Å². The number of hydrogen-bond acceptors (Lipinski definition) is 15. The predicted octanol–water partition coefficient (Wildman–Crippen LogP) is 22.7. The van der Waals surface area contributed by atoms with E-state index in [0.717, 1.165) is 173 Å². The summed E-state index contributed by atoms with van der Waals surface area (Å²) >= 11 is 0. The molecule has 19 heteroatoms. The Balaban J connectivity index is 5.39. The minimum absolute atomic E-state index is 0.0364. The molecule has 0 radical (unpaired) electrons. The first-order chi connectivity index (χ1) is 49.7. The highest BCUT2D eigenvalue weighted by Crippen LogP contribution is 2.45. The highest BCUT2D eigenvalue weighted by atomic mass is 31.2. The smallest absolute Gasteiger partial charge is 0.462 e. The van der Waals surface area contributed by atoms with Gasteiger partial charge in [0.15, 0.2) is 12.2 Å². The fraction of sp³-hybridized carbons (Fsp3) is 0.663. The van der Waals surface area contributed by atoms with Crippen molar-refractivity contribution in [1.82, 2.24) is 0 Å². The topological polar surface area (TPSA) is 237 Å². The number of unbranched alkanes of at least 4 members (excludes halogenated alkanes) is 22. The summed E-state index contributed by atoms with van der Waals surface area (Å²) < 4.78 is 68.5. The maximum absolute atomic E-state index is 13.1. The van der Waals surface area contributed by atoms with Crippen LogP contribution in [0.15, 0.2) is 146 Å². The van der Waals surface area contributed by atoms with Gasteiger partial charge in [-0.2, -0.15) is 0 Å². The van der Waals surface area contributed by atoms with Gasteiger partial charge in [0, 0.05) is 25.7 Å². The fourth-order valence-corrected chi connectivity index (χ4v) is 11.5. The van der Waals surface area contributed by atoms with Crippen molar-refractivity contribution in [3.05, 3.63) is 146 Å². The van der Waals surface area contributed by atoms with Crippen LogP contribution in [0.5, 0.6) is 0 Å². The number of phosphoric acid groups is 2. The van der Waals surface area contributed by atoms with Crippen LogP contribution in [0.3, 0.4) is 0 Å².